The molecule has 0 saturated heterocycles. The van der Waals surface area contributed by atoms with Crippen molar-refractivity contribution in [2.75, 3.05) is 0 Å². The number of imidazole rings is 1. The summed E-state index contributed by atoms with van der Waals surface area (Å²) in [6, 6.07) is 5.77. The van der Waals surface area contributed by atoms with E-state index in [2.05, 4.69) is 9.97 Å². The van der Waals surface area contributed by atoms with Crippen molar-refractivity contribution in [3.05, 3.63) is 50.9 Å². The van der Waals surface area contributed by atoms with Crippen molar-refractivity contribution >= 4 is 11.2 Å². The first-order chi connectivity index (χ1) is 10.5. The molecule has 3 rings (SSSR count). The van der Waals surface area contributed by atoms with E-state index >= 15 is 0 Å². The normalized spacial score (nSPS) is 11.0. The molecule has 0 N–H and O–H groups in total. The zero-order valence-electron chi connectivity index (χ0n) is 12.5. The SMILES string of the molecule is Cn1c(=O)c2c(nc(OCc3ccccn3)n2C)n(C)c1=O. The van der Waals surface area contributed by atoms with Crippen molar-refractivity contribution in [1.29, 1.82) is 0 Å². The highest BCUT2D eigenvalue weighted by atomic mass is 16.5. The summed E-state index contributed by atoms with van der Waals surface area (Å²) in [5.74, 6) is 0. The molecule has 0 spiro atoms. The van der Waals surface area contributed by atoms with Gasteiger partial charge in [-0.3, -0.25) is 23.5 Å². The van der Waals surface area contributed by atoms with E-state index in [4.69, 9.17) is 4.74 Å². The molecule has 0 amide bonds. The molecule has 3 aromatic rings. The van der Waals surface area contributed by atoms with Crippen LogP contribution in [0.3, 0.4) is 0 Å². The zero-order chi connectivity index (χ0) is 15.9. The summed E-state index contributed by atoms with van der Waals surface area (Å²) in [5, 5.41) is 0. The minimum Gasteiger partial charge on any atom is -0.458 e. The van der Waals surface area contributed by atoms with Gasteiger partial charge in [0.15, 0.2) is 11.2 Å². The minimum atomic E-state index is -0.424. The van der Waals surface area contributed by atoms with Gasteiger partial charge in [-0.2, -0.15) is 4.98 Å². The summed E-state index contributed by atoms with van der Waals surface area (Å²) in [4.78, 5) is 32.6. The molecule has 22 heavy (non-hydrogen) atoms. The maximum absolute atomic E-state index is 12.2. The second kappa shape index (κ2) is 5.14. The Morgan fingerprint density at radius 2 is 1.86 bits per heavy atom. The Kier molecular flexibility index (Phi) is 3.28. The van der Waals surface area contributed by atoms with Crippen LogP contribution in [0.4, 0.5) is 0 Å². The van der Waals surface area contributed by atoms with Crippen LogP contribution in [0.25, 0.3) is 11.2 Å². The molecular formula is C14H15N5O3. The fourth-order valence-corrected chi connectivity index (χ4v) is 2.25. The van der Waals surface area contributed by atoms with E-state index in [1.54, 1.807) is 24.9 Å². The van der Waals surface area contributed by atoms with Crippen LogP contribution >= 0.6 is 0 Å². The lowest BCUT2D eigenvalue weighted by Gasteiger charge is -2.05. The molecule has 0 fully saturated rings. The fraction of sp³-hybridized carbons (Fsp3) is 0.286. The first-order valence-corrected chi connectivity index (χ1v) is 6.66. The standard InChI is InChI=1S/C14H15N5O3/c1-17-10-11(18(2)14(21)19(3)12(10)20)16-13(17)22-8-9-6-4-5-7-15-9/h4-7H,8H2,1-3H3. The second-order valence-electron chi connectivity index (χ2n) is 4.94. The van der Waals surface area contributed by atoms with Gasteiger partial charge in [-0.15, -0.1) is 0 Å². The maximum atomic E-state index is 12.2. The number of ether oxygens (including phenoxy) is 1. The van der Waals surface area contributed by atoms with Gasteiger partial charge < -0.3 is 4.74 Å². The average molecular weight is 301 g/mol. The monoisotopic (exact) mass is 301 g/mol. The van der Waals surface area contributed by atoms with Gasteiger partial charge in [-0.1, -0.05) is 6.07 Å². The molecule has 0 unspecified atom stereocenters. The predicted octanol–water partition coefficient (Wildman–Crippen LogP) is -0.0553. The van der Waals surface area contributed by atoms with Crippen molar-refractivity contribution in [2.45, 2.75) is 6.61 Å². The molecule has 0 radical (unpaired) electrons. The van der Waals surface area contributed by atoms with Crippen LogP contribution in [-0.2, 0) is 27.7 Å². The highest BCUT2D eigenvalue weighted by Crippen LogP contribution is 2.16. The van der Waals surface area contributed by atoms with Crippen LogP contribution in [0.2, 0.25) is 0 Å². The molecule has 0 aliphatic carbocycles. The quantitative estimate of drug-likeness (QED) is 0.677. The van der Waals surface area contributed by atoms with Crippen molar-refractivity contribution in [1.82, 2.24) is 23.7 Å². The molecule has 8 nitrogen and oxygen atoms in total. The average Bonchev–Trinajstić information content (AvgIpc) is 2.87. The van der Waals surface area contributed by atoms with Crippen molar-refractivity contribution < 1.29 is 4.74 Å². The van der Waals surface area contributed by atoms with E-state index in [9.17, 15) is 9.59 Å². The lowest BCUT2D eigenvalue weighted by atomic mass is 10.4. The third-order valence-electron chi connectivity index (χ3n) is 3.51. The molecule has 8 heteroatoms. The van der Waals surface area contributed by atoms with Crippen LogP contribution in [-0.4, -0.2) is 23.7 Å². The lowest BCUT2D eigenvalue weighted by molar-refractivity contribution is 0.269. The van der Waals surface area contributed by atoms with E-state index in [1.807, 2.05) is 18.2 Å². The van der Waals surface area contributed by atoms with E-state index in [1.165, 1.54) is 11.6 Å². The number of nitrogens with zero attached hydrogens (tertiary/aromatic N) is 5. The molecule has 0 bridgehead atoms. The highest BCUT2D eigenvalue weighted by molar-refractivity contribution is 5.71. The van der Waals surface area contributed by atoms with Crippen LogP contribution < -0.4 is 16.0 Å². The molecule has 0 saturated carbocycles. The molecule has 0 aliphatic heterocycles. The lowest BCUT2D eigenvalue weighted by Crippen LogP contribution is -2.37. The fourth-order valence-electron chi connectivity index (χ4n) is 2.25. The van der Waals surface area contributed by atoms with Crippen molar-refractivity contribution in [2.24, 2.45) is 21.1 Å². The smallest absolute Gasteiger partial charge is 0.332 e. The third kappa shape index (κ3) is 2.09. The van der Waals surface area contributed by atoms with Crippen LogP contribution in [0.15, 0.2) is 34.0 Å². The summed E-state index contributed by atoms with van der Waals surface area (Å²) >= 11 is 0. The number of rotatable bonds is 3. The number of aromatic nitrogens is 5. The minimum absolute atomic E-state index is 0.228. The first-order valence-electron chi connectivity index (χ1n) is 6.66. The number of hydrogen-bond acceptors (Lipinski definition) is 5. The van der Waals surface area contributed by atoms with Crippen LogP contribution in [0.5, 0.6) is 6.01 Å². The van der Waals surface area contributed by atoms with Crippen molar-refractivity contribution in [3.8, 4) is 6.01 Å². The summed E-state index contributed by atoms with van der Waals surface area (Å²) in [6.45, 7) is 0.228. The molecule has 3 aromatic heterocycles. The third-order valence-corrected chi connectivity index (χ3v) is 3.51. The Bertz CT molecular complexity index is 952. The van der Waals surface area contributed by atoms with Gasteiger partial charge in [0, 0.05) is 27.3 Å². The largest absolute Gasteiger partial charge is 0.458 e. The summed E-state index contributed by atoms with van der Waals surface area (Å²) in [6.07, 6.45) is 1.67. The Labute approximate surface area is 125 Å². The van der Waals surface area contributed by atoms with Gasteiger partial charge in [-0.25, -0.2) is 4.79 Å². The zero-order valence-corrected chi connectivity index (χ0v) is 12.5. The maximum Gasteiger partial charge on any atom is 0.332 e. The topological polar surface area (TPSA) is 83.9 Å². The molecule has 0 atom stereocenters. The van der Waals surface area contributed by atoms with E-state index in [0.717, 1.165) is 10.3 Å². The van der Waals surface area contributed by atoms with Crippen LogP contribution in [0, 0.1) is 0 Å². The first kappa shape index (κ1) is 14.1. The number of aryl methyl sites for hydroxylation is 2. The van der Waals surface area contributed by atoms with Gasteiger partial charge in [0.05, 0.1) is 5.69 Å². The van der Waals surface area contributed by atoms with E-state index in [-0.39, 0.29) is 12.6 Å². The number of pyridine rings is 1. The Balaban J connectivity index is 2.07. The molecule has 0 aliphatic rings. The Hall–Kier alpha value is -2.90. The summed E-state index contributed by atoms with van der Waals surface area (Å²) < 4.78 is 9.54. The van der Waals surface area contributed by atoms with Crippen LogP contribution in [0.1, 0.15) is 5.69 Å². The van der Waals surface area contributed by atoms with Crippen molar-refractivity contribution in [3.63, 3.8) is 0 Å². The second-order valence-corrected chi connectivity index (χ2v) is 4.94. The Morgan fingerprint density at radius 3 is 2.55 bits per heavy atom. The van der Waals surface area contributed by atoms with Gasteiger partial charge in [0.1, 0.15) is 6.61 Å². The van der Waals surface area contributed by atoms with E-state index < -0.39 is 11.2 Å². The molecule has 3 heterocycles. The molecule has 0 aromatic carbocycles. The number of hydrogen-bond donors (Lipinski definition) is 0. The number of fused-ring (bicyclic) bond motifs is 1. The van der Waals surface area contributed by atoms with E-state index in [0.29, 0.717) is 11.2 Å². The predicted molar refractivity (Wildman–Crippen MR) is 79.8 cm³/mol. The van der Waals surface area contributed by atoms with Gasteiger partial charge in [0.2, 0.25) is 0 Å². The Morgan fingerprint density at radius 1 is 1.09 bits per heavy atom. The molecular weight excluding hydrogens is 286 g/mol. The van der Waals surface area contributed by atoms with Gasteiger partial charge in [-0.05, 0) is 12.1 Å². The highest BCUT2D eigenvalue weighted by Gasteiger charge is 2.17. The van der Waals surface area contributed by atoms with Gasteiger partial charge >= 0.3 is 5.69 Å². The summed E-state index contributed by atoms with van der Waals surface area (Å²) in [5.41, 5.74) is 0.538. The van der Waals surface area contributed by atoms with Gasteiger partial charge in [0.25, 0.3) is 11.6 Å². The molecule has 114 valence electrons. The summed E-state index contributed by atoms with van der Waals surface area (Å²) in [7, 11) is 4.68.